The van der Waals surface area contributed by atoms with E-state index in [1.807, 2.05) is 67.5 Å². The number of hydrogen-bond acceptors (Lipinski definition) is 7. The van der Waals surface area contributed by atoms with Gasteiger partial charge in [-0.15, -0.1) is 0 Å². The monoisotopic (exact) mass is 622 g/mol. The number of carboxylic acids is 1. The second-order valence-electron chi connectivity index (χ2n) is 12.2. The van der Waals surface area contributed by atoms with E-state index in [1.165, 1.54) is 0 Å². The number of sulfone groups is 1. The van der Waals surface area contributed by atoms with Crippen molar-refractivity contribution in [3.05, 3.63) is 83.2 Å². The van der Waals surface area contributed by atoms with Gasteiger partial charge in [0.05, 0.1) is 28.9 Å². The predicted molar refractivity (Wildman–Crippen MR) is 173 cm³/mol. The molecule has 0 saturated carbocycles. The predicted octanol–water partition coefficient (Wildman–Crippen LogP) is 6.39. The van der Waals surface area contributed by atoms with Crippen LogP contribution in [-0.4, -0.2) is 55.5 Å². The van der Waals surface area contributed by atoms with Gasteiger partial charge in [-0.1, -0.05) is 57.7 Å². The summed E-state index contributed by atoms with van der Waals surface area (Å²) in [5.74, 6) is -0.838. The first-order chi connectivity index (χ1) is 21.0. The van der Waals surface area contributed by atoms with Crippen LogP contribution in [0.25, 0.3) is 0 Å². The zero-order valence-corrected chi connectivity index (χ0v) is 27.1. The Morgan fingerprint density at radius 2 is 1.66 bits per heavy atom. The Labute approximate surface area is 262 Å². The third-order valence-corrected chi connectivity index (χ3v) is 10.7. The average Bonchev–Trinajstić information content (AvgIpc) is 3.07. The molecule has 0 fully saturated rings. The van der Waals surface area contributed by atoms with Gasteiger partial charge in [-0.25, -0.2) is 8.42 Å². The molecule has 0 aliphatic carbocycles. The number of unbranched alkanes of at least 4 members (excludes halogenated alkanes) is 2. The molecule has 1 aliphatic rings. The summed E-state index contributed by atoms with van der Waals surface area (Å²) < 4.78 is 34.1. The third kappa shape index (κ3) is 7.80. The summed E-state index contributed by atoms with van der Waals surface area (Å²) in [4.78, 5) is 17.7. The molecule has 3 aromatic rings. The first-order valence-electron chi connectivity index (χ1n) is 15.6. The number of aromatic nitrogens is 1. The fourth-order valence-electron chi connectivity index (χ4n) is 6.30. The van der Waals surface area contributed by atoms with Gasteiger partial charge in [-0.3, -0.25) is 9.78 Å². The van der Waals surface area contributed by atoms with Gasteiger partial charge in [0, 0.05) is 43.2 Å². The molecule has 1 aliphatic heterocycles. The van der Waals surface area contributed by atoms with Crippen LogP contribution < -0.4 is 9.64 Å². The lowest BCUT2D eigenvalue weighted by atomic mass is 9.68. The van der Waals surface area contributed by atoms with Crippen molar-refractivity contribution in [2.24, 2.45) is 5.41 Å². The van der Waals surface area contributed by atoms with E-state index in [2.05, 4.69) is 18.8 Å². The highest BCUT2D eigenvalue weighted by atomic mass is 32.2. The Morgan fingerprint density at radius 3 is 2.27 bits per heavy atom. The molecule has 8 nitrogen and oxygen atoms in total. The zero-order chi connectivity index (χ0) is 31.9. The Balaban J connectivity index is 1.70. The van der Waals surface area contributed by atoms with Gasteiger partial charge < -0.3 is 19.8 Å². The highest BCUT2D eigenvalue weighted by Gasteiger charge is 2.49. The van der Waals surface area contributed by atoms with Crippen LogP contribution in [0.3, 0.4) is 0 Å². The minimum absolute atomic E-state index is 0.0183. The molecule has 2 unspecified atom stereocenters. The van der Waals surface area contributed by atoms with Crippen molar-refractivity contribution < 1.29 is 28.2 Å². The summed E-state index contributed by atoms with van der Waals surface area (Å²) >= 11 is 0. The average molecular weight is 623 g/mol. The molecule has 2 heterocycles. The molecule has 238 valence electrons. The standard InChI is InChI=1S/C35H46N2O6S/c1-5-7-20-35(21-8-6-2)24-44(41,42)31-18-15-28(37(3)4)22-30(31)33(34(35)40)25-12-16-29(17-13-25)43-23-27-11-9-10-26(36-27)14-19-32(38)39/h9-13,15-18,22,33-34,40H,5-8,14,19-21,23-24H2,1-4H3,(H,38,39). The number of carbonyl (C=O) groups is 1. The summed E-state index contributed by atoms with van der Waals surface area (Å²) in [5.41, 5.74) is 2.98. The molecule has 44 heavy (non-hydrogen) atoms. The fraction of sp³-hybridized carbons (Fsp3) is 0.486. The third-order valence-electron chi connectivity index (χ3n) is 8.74. The number of pyridine rings is 1. The summed E-state index contributed by atoms with van der Waals surface area (Å²) in [6.45, 7) is 4.42. The molecular weight excluding hydrogens is 576 g/mol. The molecule has 0 spiro atoms. The van der Waals surface area contributed by atoms with Gasteiger partial charge in [-0.2, -0.15) is 0 Å². The van der Waals surface area contributed by atoms with Crippen molar-refractivity contribution >= 4 is 21.5 Å². The number of aliphatic hydroxyl groups excluding tert-OH is 1. The lowest BCUT2D eigenvalue weighted by Gasteiger charge is -2.40. The van der Waals surface area contributed by atoms with E-state index in [0.717, 1.165) is 36.9 Å². The van der Waals surface area contributed by atoms with Gasteiger partial charge in [-0.05, 0) is 66.4 Å². The molecule has 1 aromatic heterocycles. The normalized spacial score (nSPS) is 18.7. The van der Waals surface area contributed by atoms with Crippen LogP contribution in [-0.2, 0) is 27.7 Å². The lowest BCUT2D eigenvalue weighted by Crippen LogP contribution is -2.43. The molecule has 9 heteroatoms. The number of benzene rings is 2. The molecule has 0 bridgehead atoms. The number of aliphatic hydroxyl groups is 1. The van der Waals surface area contributed by atoms with Crippen LogP contribution >= 0.6 is 0 Å². The molecular formula is C35H46N2O6S. The van der Waals surface area contributed by atoms with Crippen molar-refractivity contribution in [1.29, 1.82) is 0 Å². The molecule has 0 saturated heterocycles. The highest BCUT2D eigenvalue weighted by Crippen LogP contribution is 2.50. The Bertz CT molecular complexity index is 1510. The van der Waals surface area contributed by atoms with Gasteiger partial charge in [0.25, 0.3) is 0 Å². The van der Waals surface area contributed by atoms with Crippen molar-refractivity contribution in [3.8, 4) is 5.75 Å². The van der Waals surface area contributed by atoms with Crippen LogP contribution in [0.5, 0.6) is 5.75 Å². The van der Waals surface area contributed by atoms with Crippen molar-refractivity contribution in [1.82, 2.24) is 4.98 Å². The van der Waals surface area contributed by atoms with E-state index in [9.17, 15) is 18.3 Å². The largest absolute Gasteiger partial charge is 0.487 e. The SMILES string of the molecule is CCCCC1(CCCC)CS(=O)(=O)c2ccc(N(C)C)cc2C(c2ccc(OCc3cccc(CCC(=O)O)n3)cc2)C1O. The first kappa shape index (κ1) is 33.5. The van der Waals surface area contributed by atoms with Crippen LogP contribution in [0.15, 0.2) is 65.6 Å². The number of hydrogen-bond donors (Lipinski definition) is 2. The maximum absolute atomic E-state index is 14.0. The molecule has 2 aromatic carbocycles. The summed E-state index contributed by atoms with van der Waals surface area (Å²) in [6.07, 6.45) is 4.32. The number of nitrogens with zero attached hydrogens (tertiary/aromatic N) is 2. The Hall–Kier alpha value is -3.43. The molecule has 2 atom stereocenters. The van der Waals surface area contributed by atoms with Gasteiger partial charge in [0.1, 0.15) is 12.4 Å². The smallest absolute Gasteiger partial charge is 0.303 e. The second kappa shape index (κ2) is 14.6. The van der Waals surface area contributed by atoms with Gasteiger partial charge in [0.2, 0.25) is 0 Å². The number of anilines is 1. The summed E-state index contributed by atoms with van der Waals surface area (Å²) in [7, 11) is 0.183. The minimum Gasteiger partial charge on any atom is -0.487 e. The van der Waals surface area contributed by atoms with Gasteiger partial charge >= 0.3 is 5.97 Å². The first-order valence-corrected chi connectivity index (χ1v) is 17.3. The van der Waals surface area contributed by atoms with Crippen molar-refractivity contribution in [2.45, 2.75) is 88.7 Å². The van der Waals surface area contributed by atoms with Crippen LogP contribution in [0.4, 0.5) is 5.69 Å². The molecule has 0 amide bonds. The Morgan fingerprint density at radius 1 is 1.00 bits per heavy atom. The number of carboxylic acid groups (broad SMARTS) is 1. The van der Waals surface area contributed by atoms with Crippen molar-refractivity contribution in [2.75, 3.05) is 24.7 Å². The lowest BCUT2D eigenvalue weighted by molar-refractivity contribution is -0.136. The number of ether oxygens (including phenoxy) is 1. The highest BCUT2D eigenvalue weighted by molar-refractivity contribution is 7.91. The van der Waals surface area contributed by atoms with Crippen LogP contribution in [0, 0.1) is 5.41 Å². The number of fused-ring (bicyclic) bond motifs is 1. The van der Waals surface area contributed by atoms with E-state index >= 15 is 0 Å². The fourth-order valence-corrected chi connectivity index (χ4v) is 8.49. The van der Waals surface area contributed by atoms with E-state index in [-0.39, 0.29) is 18.8 Å². The number of aliphatic carboxylic acids is 1. The quantitative estimate of drug-likeness (QED) is 0.212. The summed E-state index contributed by atoms with van der Waals surface area (Å²) in [6, 6.07) is 18.5. The molecule has 4 rings (SSSR count). The minimum atomic E-state index is -3.67. The van der Waals surface area contributed by atoms with Crippen LogP contribution in [0.1, 0.15) is 87.2 Å². The van der Waals surface area contributed by atoms with Gasteiger partial charge in [0.15, 0.2) is 9.84 Å². The van der Waals surface area contributed by atoms with E-state index in [0.29, 0.717) is 46.9 Å². The molecule has 0 radical (unpaired) electrons. The van der Waals surface area contributed by atoms with E-state index in [1.54, 1.807) is 12.1 Å². The zero-order valence-electron chi connectivity index (χ0n) is 26.3. The van der Waals surface area contributed by atoms with E-state index < -0.39 is 33.2 Å². The van der Waals surface area contributed by atoms with E-state index in [4.69, 9.17) is 9.84 Å². The second-order valence-corrected chi connectivity index (χ2v) is 14.2. The maximum Gasteiger partial charge on any atom is 0.303 e. The van der Waals surface area contributed by atoms with Crippen molar-refractivity contribution in [3.63, 3.8) is 0 Å². The number of aryl methyl sites for hydroxylation is 1. The topological polar surface area (TPSA) is 117 Å². The maximum atomic E-state index is 14.0. The Kier molecular flexibility index (Phi) is 11.1. The molecule has 2 N–H and O–H groups in total. The summed E-state index contributed by atoms with van der Waals surface area (Å²) in [5, 5.41) is 21.3. The number of rotatable bonds is 14. The van der Waals surface area contributed by atoms with Crippen LogP contribution in [0.2, 0.25) is 0 Å².